The lowest BCUT2D eigenvalue weighted by molar-refractivity contribution is 0.580. The van der Waals surface area contributed by atoms with Crippen molar-refractivity contribution in [3.05, 3.63) is 47.3 Å². The first kappa shape index (κ1) is 12.8. The zero-order valence-electron chi connectivity index (χ0n) is 11.9. The van der Waals surface area contributed by atoms with Crippen molar-refractivity contribution in [3.63, 3.8) is 0 Å². The van der Waals surface area contributed by atoms with Gasteiger partial charge in [0.25, 0.3) is 0 Å². The molecule has 1 aromatic carbocycles. The lowest BCUT2D eigenvalue weighted by Crippen LogP contribution is -2.29. The number of anilines is 1. The van der Waals surface area contributed by atoms with Gasteiger partial charge in [0.1, 0.15) is 0 Å². The number of aryl methyl sites for hydroxylation is 2. The zero-order chi connectivity index (χ0) is 13.2. The SMILES string of the molecule is Cc1cc(C)p(-c2ccccc2)c1N1CCCCC1. The molecular weight excluding hydrogens is 249 g/mol. The molecule has 0 aliphatic carbocycles. The standard InChI is InChI=1S/C17H22NP/c1-14-13-15(2)19(16-9-5-3-6-10-16)17(14)18-11-7-4-8-12-18/h3,5-6,9-10,13H,4,7-8,11-12H2,1-2H3. The van der Waals surface area contributed by atoms with Crippen molar-refractivity contribution in [3.8, 4) is 5.30 Å². The van der Waals surface area contributed by atoms with Crippen molar-refractivity contribution < 1.29 is 0 Å². The van der Waals surface area contributed by atoms with E-state index in [4.69, 9.17) is 0 Å². The Hall–Kier alpha value is -1.20. The molecule has 100 valence electrons. The summed E-state index contributed by atoms with van der Waals surface area (Å²) in [5.74, 6) is 0. The van der Waals surface area contributed by atoms with Gasteiger partial charge in [0, 0.05) is 18.4 Å². The van der Waals surface area contributed by atoms with Gasteiger partial charge < -0.3 is 4.90 Å². The number of hydrogen-bond donors (Lipinski definition) is 0. The molecule has 1 aliphatic rings. The summed E-state index contributed by atoms with van der Waals surface area (Å²) >= 11 is 0. The molecule has 0 amide bonds. The molecule has 1 fully saturated rings. The van der Waals surface area contributed by atoms with Crippen LogP contribution in [0.25, 0.3) is 5.30 Å². The molecule has 1 unspecified atom stereocenters. The number of rotatable bonds is 2. The van der Waals surface area contributed by atoms with Gasteiger partial charge >= 0.3 is 0 Å². The summed E-state index contributed by atoms with van der Waals surface area (Å²) in [6.07, 6.45) is 4.11. The maximum atomic E-state index is 2.66. The minimum Gasteiger partial charge on any atom is -0.368 e. The van der Waals surface area contributed by atoms with E-state index < -0.39 is 0 Å². The molecule has 2 heteroatoms. The quantitative estimate of drug-likeness (QED) is 0.719. The van der Waals surface area contributed by atoms with Crippen LogP contribution >= 0.6 is 7.53 Å². The first-order valence-electron chi connectivity index (χ1n) is 7.26. The third-order valence-corrected chi connectivity index (χ3v) is 6.72. The van der Waals surface area contributed by atoms with Crippen LogP contribution in [-0.2, 0) is 0 Å². The van der Waals surface area contributed by atoms with Crippen LogP contribution in [0, 0.1) is 13.8 Å². The highest BCUT2D eigenvalue weighted by Gasteiger charge is 2.20. The van der Waals surface area contributed by atoms with E-state index in [1.54, 1.807) is 10.7 Å². The Morgan fingerprint density at radius 2 is 1.63 bits per heavy atom. The highest BCUT2D eigenvalue weighted by molar-refractivity contribution is 7.61. The topological polar surface area (TPSA) is 3.24 Å². The second kappa shape index (κ2) is 5.43. The van der Waals surface area contributed by atoms with Gasteiger partial charge in [-0.05, 0) is 50.0 Å². The van der Waals surface area contributed by atoms with Crippen molar-refractivity contribution in [1.82, 2.24) is 0 Å². The molecule has 0 saturated carbocycles. The first-order chi connectivity index (χ1) is 9.27. The molecule has 1 nitrogen and oxygen atoms in total. The summed E-state index contributed by atoms with van der Waals surface area (Å²) in [6.45, 7) is 7.09. The van der Waals surface area contributed by atoms with E-state index >= 15 is 0 Å². The van der Waals surface area contributed by atoms with Crippen molar-refractivity contribution >= 4 is 13.0 Å². The molecule has 1 saturated heterocycles. The molecule has 1 atom stereocenters. The van der Waals surface area contributed by atoms with Crippen LogP contribution in [0.3, 0.4) is 0 Å². The van der Waals surface area contributed by atoms with Crippen LogP contribution in [0.15, 0.2) is 36.4 Å². The van der Waals surface area contributed by atoms with Gasteiger partial charge in [-0.1, -0.05) is 37.9 Å². The molecule has 0 N–H and O–H groups in total. The maximum absolute atomic E-state index is 2.66. The Labute approximate surface area is 117 Å². The lowest BCUT2D eigenvalue weighted by atomic mass is 10.1. The fraction of sp³-hybridized carbons (Fsp3) is 0.412. The average molecular weight is 271 g/mol. The third kappa shape index (κ3) is 2.44. The van der Waals surface area contributed by atoms with Crippen LogP contribution in [-0.4, -0.2) is 13.1 Å². The van der Waals surface area contributed by atoms with Gasteiger partial charge in [-0.2, -0.15) is 0 Å². The lowest BCUT2D eigenvalue weighted by Gasteiger charge is -2.30. The second-order valence-corrected chi connectivity index (χ2v) is 7.83. The van der Waals surface area contributed by atoms with E-state index in [-0.39, 0.29) is 7.53 Å². The van der Waals surface area contributed by atoms with Crippen molar-refractivity contribution in [2.45, 2.75) is 33.1 Å². The minimum atomic E-state index is -0.260. The monoisotopic (exact) mass is 271 g/mol. The van der Waals surface area contributed by atoms with Gasteiger partial charge in [-0.15, -0.1) is 0 Å². The predicted molar refractivity (Wildman–Crippen MR) is 86.0 cm³/mol. The van der Waals surface area contributed by atoms with E-state index in [0.29, 0.717) is 0 Å². The Balaban J connectivity index is 2.08. The maximum Gasteiger partial charge on any atom is 0.0638 e. The van der Waals surface area contributed by atoms with Gasteiger partial charge in [0.05, 0.1) is 5.42 Å². The number of nitrogens with zero attached hydrogens (tertiary/aromatic N) is 1. The van der Waals surface area contributed by atoms with E-state index in [0.717, 1.165) is 0 Å². The fourth-order valence-electron chi connectivity index (χ4n) is 3.19. The molecule has 0 bridgehead atoms. The summed E-state index contributed by atoms with van der Waals surface area (Å²) in [4.78, 5) is 2.66. The third-order valence-electron chi connectivity index (χ3n) is 4.01. The molecule has 19 heavy (non-hydrogen) atoms. The molecule has 1 aliphatic heterocycles. The molecule has 2 aromatic rings. The van der Waals surface area contributed by atoms with Crippen molar-refractivity contribution in [2.24, 2.45) is 0 Å². The predicted octanol–water partition coefficient (Wildman–Crippen LogP) is 5.27. The van der Waals surface area contributed by atoms with Crippen LogP contribution in [0.4, 0.5) is 5.42 Å². The van der Waals surface area contributed by atoms with Gasteiger partial charge in [-0.25, -0.2) is 0 Å². The van der Waals surface area contributed by atoms with E-state index in [2.05, 4.69) is 55.1 Å². The van der Waals surface area contributed by atoms with Gasteiger partial charge in [-0.3, -0.25) is 0 Å². The smallest absolute Gasteiger partial charge is 0.0638 e. The second-order valence-electron chi connectivity index (χ2n) is 5.51. The molecule has 0 radical (unpaired) electrons. The number of piperidine rings is 1. The van der Waals surface area contributed by atoms with E-state index in [1.807, 2.05) is 0 Å². The fourth-order valence-corrected chi connectivity index (χ4v) is 5.86. The molecule has 3 rings (SSSR count). The zero-order valence-corrected chi connectivity index (χ0v) is 12.8. The number of benzene rings is 1. The Bertz CT molecular complexity index is 550. The van der Waals surface area contributed by atoms with Crippen molar-refractivity contribution in [2.75, 3.05) is 18.0 Å². The highest BCUT2D eigenvalue weighted by atomic mass is 31.1. The molecular formula is C17H22NP. The Morgan fingerprint density at radius 1 is 0.947 bits per heavy atom. The van der Waals surface area contributed by atoms with Crippen LogP contribution < -0.4 is 4.90 Å². The summed E-state index contributed by atoms with van der Waals surface area (Å²) in [6, 6.07) is 13.5. The number of hydrogen-bond acceptors (Lipinski definition) is 1. The van der Waals surface area contributed by atoms with Crippen LogP contribution in [0.5, 0.6) is 0 Å². The Kier molecular flexibility index (Phi) is 3.66. The van der Waals surface area contributed by atoms with Crippen LogP contribution in [0.1, 0.15) is 30.1 Å². The Morgan fingerprint density at radius 3 is 2.32 bits per heavy atom. The highest BCUT2D eigenvalue weighted by Crippen LogP contribution is 2.55. The average Bonchev–Trinajstić information content (AvgIpc) is 2.75. The normalized spacial score (nSPS) is 16.7. The van der Waals surface area contributed by atoms with Crippen LogP contribution in [0.2, 0.25) is 0 Å². The molecule has 0 spiro atoms. The van der Waals surface area contributed by atoms with E-state index in [9.17, 15) is 0 Å². The first-order valence-corrected chi connectivity index (χ1v) is 8.61. The summed E-state index contributed by atoms with van der Waals surface area (Å²) in [5, 5.41) is 3.06. The van der Waals surface area contributed by atoms with Gasteiger partial charge in [0.15, 0.2) is 0 Å². The summed E-state index contributed by atoms with van der Waals surface area (Å²) in [7, 11) is -0.260. The minimum absolute atomic E-state index is 0.260. The van der Waals surface area contributed by atoms with E-state index in [1.165, 1.54) is 43.2 Å². The summed E-state index contributed by atoms with van der Waals surface area (Å²) in [5.41, 5.74) is 3.12. The molecule has 2 heterocycles. The summed E-state index contributed by atoms with van der Waals surface area (Å²) < 4.78 is 0. The van der Waals surface area contributed by atoms with Crippen molar-refractivity contribution in [1.29, 1.82) is 0 Å². The largest absolute Gasteiger partial charge is 0.368 e. The molecule has 1 aromatic heterocycles. The van der Waals surface area contributed by atoms with Gasteiger partial charge in [0.2, 0.25) is 0 Å².